The number of carbonyl (C=O) groups excluding carboxylic acids is 1. The van der Waals surface area contributed by atoms with Gasteiger partial charge in [0, 0.05) is 0 Å². The molecule has 1 heterocycles. The van der Waals surface area contributed by atoms with Gasteiger partial charge in [-0.05, 0) is 52.3 Å². The summed E-state index contributed by atoms with van der Waals surface area (Å²) in [5, 5.41) is 9.26. The van der Waals surface area contributed by atoms with Crippen molar-refractivity contribution in [3.63, 3.8) is 0 Å². The van der Waals surface area contributed by atoms with Crippen molar-refractivity contribution in [3.8, 4) is 0 Å². The molecule has 27 heavy (non-hydrogen) atoms. The van der Waals surface area contributed by atoms with Crippen molar-refractivity contribution in [2.24, 2.45) is 0 Å². The number of carbonyl (C=O) groups is 2. The molecule has 0 spiro atoms. The second-order valence-corrected chi connectivity index (χ2v) is 9.69. The number of sulfonamides is 1. The summed E-state index contributed by atoms with van der Waals surface area (Å²) in [6.07, 6.45) is 0. The fourth-order valence-corrected chi connectivity index (χ4v) is 4.60. The van der Waals surface area contributed by atoms with Crippen molar-refractivity contribution >= 4 is 38.3 Å². The molecule has 0 radical (unpaired) electrons. The Balaban J connectivity index is 2.52. The number of nitrogens with one attached hydrogen (secondary N) is 1. The van der Waals surface area contributed by atoms with Gasteiger partial charge in [0.2, 0.25) is 0 Å². The minimum Gasteiger partial charge on any atom is -0.477 e. The molecule has 0 aliphatic rings. The maximum absolute atomic E-state index is 12.7. The molecule has 0 saturated heterocycles. The molecular formula is C18H21NO6S2. The van der Waals surface area contributed by atoms with Crippen LogP contribution in [0.15, 0.2) is 29.2 Å². The van der Waals surface area contributed by atoms with E-state index in [9.17, 15) is 23.1 Å². The Kier molecular flexibility index (Phi) is 5.67. The fourth-order valence-electron chi connectivity index (χ4n) is 2.26. The SMILES string of the molecule is Cc1ccc(S(=O)(=O)Nc2sc(C(=O)O)c(C)c2C(=O)OC(C)(C)C)cc1. The normalized spacial score (nSPS) is 11.9. The summed E-state index contributed by atoms with van der Waals surface area (Å²) in [5.74, 6) is -2.03. The summed E-state index contributed by atoms with van der Waals surface area (Å²) in [5.41, 5.74) is 0.136. The van der Waals surface area contributed by atoms with Crippen LogP contribution in [0.3, 0.4) is 0 Å². The molecule has 0 amide bonds. The zero-order chi connectivity index (χ0) is 20.6. The Bertz CT molecular complexity index is 982. The van der Waals surface area contributed by atoms with Crippen molar-refractivity contribution < 1.29 is 27.9 Å². The molecular weight excluding hydrogens is 390 g/mol. The third-order valence-electron chi connectivity index (χ3n) is 3.50. The van der Waals surface area contributed by atoms with Crippen LogP contribution in [-0.4, -0.2) is 31.1 Å². The average molecular weight is 412 g/mol. The number of carboxylic acid groups (broad SMARTS) is 1. The lowest BCUT2D eigenvalue weighted by atomic mass is 10.1. The van der Waals surface area contributed by atoms with Gasteiger partial charge in [0.25, 0.3) is 10.0 Å². The zero-order valence-electron chi connectivity index (χ0n) is 15.6. The van der Waals surface area contributed by atoms with Gasteiger partial charge in [0.1, 0.15) is 15.5 Å². The quantitative estimate of drug-likeness (QED) is 0.724. The van der Waals surface area contributed by atoms with E-state index in [-0.39, 0.29) is 25.9 Å². The second kappa shape index (κ2) is 7.32. The van der Waals surface area contributed by atoms with E-state index >= 15 is 0 Å². The van der Waals surface area contributed by atoms with Crippen LogP contribution in [0.1, 0.15) is 51.9 Å². The van der Waals surface area contributed by atoms with Crippen molar-refractivity contribution in [1.82, 2.24) is 0 Å². The molecule has 9 heteroatoms. The number of benzene rings is 1. The van der Waals surface area contributed by atoms with Crippen molar-refractivity contribution in [2.45, 2.75) is 45.1 Å². The van der Waals surface area contributed by atoms with Crippen molar-refractivity contribution in [1.29, 1.82) is 0 Å². The van der Waals surface area contributed by atoms with Gasteiger partial charge in [-0.3, -0.25) is 4.72 Å². The highest BCUT2D eigenvalue weighted by atomic mass is 32.2. The zero-order valence-corrected chi connectivity index (χ0v) is 17.2. The van der Waals surface area contributed by atoms with Crippen LogP contribution < -0.4 is 4.72 Å². The lowest BCUT2D eigenvalue weighted by molar-refractivity contribution is 0.00705. The number of hydrogen-bond donors (Lipinski definition) is 2. The van der Waals surface area contributed by atoms with Crippen LogP contribution in [-0.2, 0) is 14.8 Å². The first-order valence-corrected chi connectivity index (χ1v) is 10.3. The second-order valence-electron chi connectivity index (χ2n) is 6.99. The smallest absolute Gasteiger partial charge is 0.346 e. The van der Waals surface area contributed by atoms with E-state index in [1.54, 1.807) is 32.9 Å². The first-order valence-electron chi connectivity index (χ1n) is 8.01. The monoisotopic (exact) mass is 411 g/mol. The number of anilines is 1. The Morgan fingerprint density at radius 1 is 1.11 bits per heavy atom. The predicted molar refractivity (Wildman–Crippen MR) is 103 cm³/mol. The summed E-state index contributed by atoms with van der Waals surface area (Å²) >= 11 is 0.683. The first kappa shape index (κ1) is 20.9. The van der Waals surface area contributed by atoms with Gasteiger partial charge in [-0.25, -0.2) is 18.0 Å². The molecule has 0 atom stereocenters. The standard InChI is InChI=1S/C18H21NO6S2/c1-10-6-8-12(9-7-10)27(23,24)19-15-13(17(22)25-18(3,4)5)11(2)14(26-15)16(20)21/h6-9,19H,1-5H3,(H,20,21). The Morgan fingerprint density at radius 2 is 1.67 bits per heavy atom. The number of carboxylic acids is 1. The van der Waals surface area contributed by atoms with E-state index in [2.05, 4.69) is 4.72 Å². The summed E-state index contributed by atoms with van der Waals surface area (Å²) < 4.78 is 33.0. The highest BCUT2D eigenvalue weighted by Crippen LogP contribution is 2.36. The van der Waals surface area contributed by atoms with Gasteiger partial charge >= 0.3 is 11.9 Å². The van der Waals surface area contributed by atoms with E-state index in [0.717, 1.165) is 5.56 Å². The Hall–Kier alpha value is -2.39. The van der Waals surface area contributed by atoms with E-state index in [4.69, 9.17) is 4.74 Å². The lowest BCUT2D eigenvalue weighted by Crippen LogP contribution is -2.25. The van der Waals surface area contributed by atoms with Gasteiger partial charge in [0.05, 0.1) is 10.5 Å². The number of rotatable bonds is 5. The molecule has 7 nitrogen and oxygen atoms in total. The van der Waals surface area contributed by atoms with Crippen LogP contribution in [0.25, 0.3) is 0 Å². The molecule has 0 aliphatic heterocycles. The maximum atomic E-state index is 12.7. The molecule has 0 fully saturated rings. The number of hydrogen-bond acceptors (Lipinski definition) is 6. The number of aromatic carboxylic acids is 1. The molecule has 0 bridgehead atoms. The maximum Gasteiger partial charge on any atom is 0.346 e. The molecule has 1 aromatic carbocycles. The van der Waals surface area contributed by atoms with Gasteiger partial charge in [-0.15, -0.1) is 11.3 Å². The molecule has 2 aromatic rings. The van der Waals surface area contributed by atoms with E-state index < -0.39 is 27.6 Å². The first-order chi connectivity index (χ1) is 12.3. The lowest BCUT2D eigenvalue weighted by Gasteiger charge is -2.20. The minimum absolute atomic E-state index is 0.00571. The summed E-state index contributed by atoms with van der Waals surface area (Å²) in [6.45, 7) is 8.28. The van der Waals surface area contributed by atoms with E-state index in [1.807, 2.05) is 6.92 Å². The third kappa shape index (κ3) is 4.86. The van der Waals surface area contributed by atoms with Gasteiger partial charge < -0.3 is 9.84 Å². The number of aryl methyl sites for hydroxylation is 1. The minimum atomic E-state index is -4.00. The summed E-state index contributed by atoms with van der Waals surface area (Å²) in [6, 6.07) is 6.16. The van der Waals surface area contributed by atoms with Crippen LogP contribution in [0, 0.1) is 13.8 Å². The topological polar surface area (TPSA) is 110 Å². The van der Waals surface area contributed by atoms with Gasteiger partial charge in [0.15, 0.2) is 0 Å². The average Bonchev–Trinajstić information content (AvgIpc) is 2.82. The molecule has 1 aromatic heterocycles. The van der Waals surface area contributed by atoms with Crippen molar-refractivity contribution in [2.75, 3.05) is 4.72 Å². The Labute approximate surface area is 162 Å². The molecule has 146 valence electrons. The molecule has 0 saturated carbocycles. The van der Waals surface area contributed by atoms with E-state index in [1.165, 1.54) is 19.1 Å². The highest BCUT2D eigenvalue weighted by molar-refractivity contribution is 7.93. The van der Waals surface area contributed by atoms with E-state index in [0.29, 0.717) is 11.3 Å². The van der Waals surface area contributed by atoms with Gasteiger partial charge in [-0.2, -0.15) is 0 Å². The largest absolute Gasteiger partial charge is 0.477 e. The number of thiophene rings is 1. The van der Waals surface area contributed by atoms with Crippen LogP contribution in [0.2, 0.25) is 0 Å². The summed E-state index contributed by atoms with van der Waals surface area (Å²) in [4.78, 5) is 23.9. The number of esters is 1. The van der Waals surface area contributed by atoms with Crippen molar-refractivity contribution in [3.05, 3.63) is 45.8 Å². The predicted octanol–water partition coefficient (Wildman–Crippen LogP) is 3.82. The highest BCUT2D eigenvalue weighted by Gasteiger charge is 2.30. The Morgan fingerprint density at radius 3 is 2.15 bits per heavy atom. The van der Waals surface area contributed by atoms with Crippen LogP contribution in [0.4, 0.5) is 5.00 Å². The molecule has 0 unspecified atom stereocenters. The third-order valence-corrected chi connectivity index (χ3v) is 6.19. The number of ether oxygens (including phenoxy) is 1. The fraction of sp³-hybridized carbons (Fsp3) is 0.333. The van der Waals surface area contributed by atoms with Gasteiger partial charge in [-0.1, -0.05) is 17.7 Å². The van der Waals surface area contributed by atoms with Crippen LogP contribution >= 0.6 is 11.3 Å². The summed E-state index contributed by atoms with van der Waals surface area (Å²) in [7, 11) is -4.00. The molecule has 2 rings (SSSR count). The van der Waals surface area contributed by atoms with Crippen LogP contribution in [0.5, 0.6) is 0 Å². The molecule has 0 aliphatic carbocycles. The molecule has 2 N–H and O–H groups in total.